The van der Waals surface area contributed by atoms with Crippen LogP contribution in [0.4, 0.5) is 0 Å². The number of hydrogen-bond donors (Lipinski definition) is 1. The maximum absolute atomic E-state index is 11.7. The summed E-state index contributed by atoms with van der Waals surface area (Å²) >= 11 is 1.18. The van der Waals surface area contributed by atoms with E-state index in [-0.39, 0.29) is 17.4 Å². The summed E-state index contributed by atoms with van der Waals surface area (Å²) < 4.78 is 0. The third-order valence-corrected chi connectivity index (χ3v) is 3.79. The fourth-order valence-corrected chi connectivity index (χ4v) is 2.35. The largest absolute Gasteiger partial charge is 0.481 e. The van der Waals surface area contributed by atoms with Crippen LogP contribution in [0.2, 0.25) is 0 Å². The number of nitrogens with zero attached hydrogens (tertiary/aromatic N) is 1. The van der Waals surface area contributed by atoms with E-state index < -0.39 is 5.97 Å². The van der Waals surface area contributed by atoms with Crippen LogP contribution in [0.15, 0.2) is 0 Å². The monoisotopic (exact) mass is 245 g/mol. The lowest BCUT2D eigenvalue weighted by Gasteiger charge is -2.31. The van der Waals surface area contributed by atoms with E-state index in [4.69, 9.17) is 5.11 Å². The van der Waals surface area contributed by atoms with Crippen LogP contribution in [0.5, 0.6) is 0 Å². The van der Waals surface area contributed by atoms with E-state index >= 15 is 0 Å². The van der Waals surface area contributed by atoms with Crippen LogP contribution < -0.4 is 0 Å². The Kier molecular flexibility index (Phi) is 5.66. The van der Waals surface area contributed by atoms with Gasteiger partial charge in [-0.15, -0.1) is 11.8 Å². The van der Waals surface area contributed by atoms with Gasteiger partial charge >= 0.3 is 5.97 Å². The van der Waals surface area contributed by atoms with Gasteiger partial charge in [0.15, 0.2) is 0 Å². The van der Waals surface area contributed by atoms with Gasteiger partial charge in [-0.05, 0) is 25.7 Å². The molecule has 0 saturated heterocycles. The Labute approximate surface area is 100 Å². The van der Waals surface area contributed by atoms with E-state index in [0.29, 0.717) is 5.92 Å². The molecular formula is C11H19NO3S. The first-order valence-corrected chi connectivity index (χ1v) is 6.86. The zero-order chi connectivity index (χ0) is 12.0. The normalized spacial score (nSPS) is 15.6. The van der Waals surface area contributed by atoms with Gasteiger partial charge in [-0.3, -0.25) is 9.59 Å². The van der Waals surface area contributed by atoms with Gasteiger partial charge in [0, 0.05) is 13.1 Å². The number of amides is 1. The number of rotatable bonds is 7. The molecule has 0 radical (unpaired) electrons. The molecule has 92 valence electrons. The van der Waals surface area contributed by atoms with Gasteiger partial charge in [0.2, 0.25) is 5.91 Å². The zero-order valence-electron chi connectivity index (χ0n) is 9.65. The maximum Gasteiger partial charge on any atom is 0.313 e. The molecule has 0 aliphatic heterocycles. The number of carbonyl (C=O) groups is 2. The van der Waals surface area contributed by atoms with Crippen molar-refractivity contribution in [2.24, 2.45) is 5.92 Å². The van der Waals surface area contributed by atoms with Gasteiger partial charge in [0.25, 0.3) is 0 Å². The van der Waals surface area contributed by atoms with Gasteiger partial charge in [0.05, 0.1) is 11.5 Å². The van der Waals surface area contributed by atoms with Gasteiger partial charge in [-0.1, -0.05) is 6.42 Å². The number of aliphatic carboxylic acids is 1. The molecule has 0 spiro atoms. The van der Waals surface area contributed by atoms with E-state index in [1.165, 1.54) is 31.0 Å². The Morgan fingerprint density at radius 3 is 2.50 bits per heavy atom. The molecule has 1 amide bonds. The molecule has 0 unspecified atom stereocenters. The van der Waals surface area contributed by atoms with Crippen LogP contribution in [0.3, 0.4) is 0 Å². The molecule has 16 heavy (non-hydrogen) atoms. The minimum atomic E-state index is -0.861. The number of hydrogen-bond acceptors (Lipinski definition) is 3. The van der Waals surface area contributed by atoms with Crippen LogP contribution in [-0.2, 0) is 9.59 Å². The van der Waals surface area contributed by atoms with Crippen LogP contribution in [0.1, 0.15) is 26.2 Å². The smallest absolute Gasteiger partial charge is 0.313 e. The Morgan fingerprint density at radius 2 is 2.06 bits per heavy atom. The van der Waals surface area contributed by atoms with E-state index in [0.717, 1.165) is 13.1 Å². The predicted molar refractivity (Wildman–Crippen MR) is 64.6 cm³/mol. The van der Waals surface area contributed by atoms with Crippen LogP contribution >= 0.6 is 11.8 Å². The SMILES string of the molecule is CCN(CC1CCC1)C(=O)CSCC(=O)O. The first kappa shape index (κ1) is 13.4. The highest BCUT2D eigenvalue weighted by Gasteiger charge is 2.22. The first-order chi connectivity index (χ1) is 7.63. The molecule has 1 N–H and O–H groups in total. The average molecular weight is 245 g/mol. The highest BCUT2D eigenvalue weighted by molar-refractivity contribution is 8.00. The third-order valence-electron chi connectivity index (χ3n) is 2.89. The minimum Gasteiger partial charge on any atom is -0.481 e. The number of carboxylic acids is 1. The van der Waals surface area contributed by atoms with Gasteiger partial charge in [0.1, 0.15) is 0 Å². The summed E-state index contributed by atoms with van der Waals surface area (Å²) in [4.78, 5) is 23.9. The summed E-state index contributed by atoms with van der Waals surface area (Å²) in [6.45, 7) is 3.55. The quantitative estimate of drug-likeness (QED) is 0.737. The van der Waals surface area contributed by atoms with Crippen molar-refractivity contribution in [2.75, 3.05) is 24.6 Å². The van der Waals surface area contributed by atoms with E-state index in [9.17, 15) is 9.59 Å². The van der Waals surface area contributed by atoms with Crippen molar-refractivity contribution in [1.82, 2.24) is 4.90 Å². The van der Waals surface area contributed by atoms with Crippen molar-refractivity contribution in [3.8, 4) is 0 Å². The number of carbonyl (C=O) groups excluding carboxylic acids is 1. The number of thioether (sulfide) groups is 1. The minimum absolute atomic E-state index is 0.00667. The summed E-state index contributed by atoms with van der Waals surface area (Å²) in [5, 5.41) is 8.47. The molecule has 4 nitrogen and oxygen atoms in total. The average Bonchev–Trinajstić information content (AvgIpc) is 2.15. The van der Waals surface area contributed by atoms with E-state index in [1.807, 2.05) is 11.8 Å². The van der Waals surface area contributed by atoms with Crippen molar-refractivity contribution >= 4 is 23.6 Å². The van der Waals surface area contributed by atoms with Crippen molar-refractivity contribution in [1.29, 1.82) is 0 Å². The van der Waals surface area contributed by atoms with Gasteiger partial charge in [-0.25, -0.2) is 0 Å². The first-order valence-electron chi connectivity index (χ1n) is 5.70. The topological polar surface area (TPSA) is 57.6 Å². The van der Waals surface area contributed by atoms with Crippen LogP contribution in [0, 0.1) is 5.92 Å². The van der Waals surface area contributed by atoms with Crippen molar-refractivity contribution in [3.05, 3.63) is 0 Å². The van der Waals surface area contributed by atoms with Crippen molar-refractivity contribution in [3.63, 3.8) is 0 Å². The second-order valence-electron chi connectivity index (χ2n) is 4.12. The summed E-state index contributed by atoms with van der Waals surface area (Å²) in [6.07, 6.45) is 3.74. The molecular weight excluding hydrogens is 226 g/mol. The maximum atomic E-state index is 11.7. The summed E-state index contributed by atoms with van der Waals surface area (Å²) in [6, 6.07) is 0. The molecule has 0 heterocycles. The Balaban J connectivity index is 2.22. The second-order valence-corrected chi connectivity index (χ2v) is 5.10. The summed E-state index contributed by atoms with van der Waals surface area (Å²) in [7, 11) is 0. The third kappa shape index (κ3) is 4.43. The van der Waals surface area contributed by atoms with Crippen LogP contribution in [-0.4, -0.2) is 46.5 Å². The standard InChI is InChI=1S/C11H19NO3S/c1-2-12(6-9-4-3-5-9)10(13)7-16-8-11(14)15/h9H,2-8H2,1H3,(H,14,15). The highest BCUT2D eigenvalue weighted by atomic mass is 32.2. The Hall–Kier alpha value is -0.710. The lowest BCUT2D eigenvalue weighted by molar-refractivity contribution is -0.133. The molecule has 1 aliphatic rings. The number of carboxylic acid groups (broad SMARTS) is 1. The molecule has 0 atom stereocenters. The zero-order valence-corrected chi connectivity index (χ0v) is 10.5. The molecule has 5 heteroatoms. The second kappa shape index (κ2) is 6.78. The molecule has 0 bridgehead atoms. The lowest BCUT2D eigenvalue weighted by atomic mass is 9.85. The van der Waals surface area contributed by atoms with E-state index in [2.05, 4.69) is 0 Å². The predicted octanol–water partition coefficient (Wildman–Crippen LogP) is 1.45. The Morgan fingerprint density at radius 1 is 1.38 bits per heavy atom. The summed E-state index contributed by atoms with van der Waals surface area (Å²) in [5.74, 6) is 0.174. The summed E-state index contributed by atoms with van der Waals surface area (Å²) in [5.41, 5.74) is 0. The van der Waals surface area contributed by atoms with Crippen LogP contribution in [0.25, 0.3) is 0 Å². The van der Waals surface area contributed by atoms with E-state index in [1.54, 1.807) is 0 Å². The van der Waals surface area contributed by atoms with Gasteiger partial charge in [-0.2, -0.15) is 0 Å². The fraction of sp³-hybridized carbons (Fsp3) is 0.818. The molecule has 1 aliphatic carbocycles. The Bertz CT molecular complexity index is 254. The van der Waals surface area contributed by atoms with Crippen molar-refractivity contribution in [2.45, 2.75) is 26.2 Å². The molecule has 0 aromatic heterocycles. The van der Waals surface area contributed by atoms with Crippen molar-refractivity contribution < 1.29 is 14.7 Å². The molecule has 1 saturated carbocycles. The molecule has 0 aromatic rings. The van der Waals surface area contributed by atoms with Gasteiger partial charge < -0.3 is 10.0 Å². The molecule has 0 aromatic carbocycles. The molecule has 1 fully saturated rings. The fourth-order valence-electron chi connectivity index (χ4n) is 1.71. The molecule has 1 rings (SSSR count). The lowest BCUT2D eigenvalue weighted by Crippen LogP contribution is -2.38. The highest BCUT2D eigenvalue weighted by Crippen LogP contribution is 2.27.